The molecule has 2 aliphatic rings. The van der Waals surface area contributed by atoms with Gasteiger partial charge in [0.15, 0.2) is 0 Å². The molecule has 2 fully saturated rings. The van der Waals surface area contributed by atoms with Gasteiger partial charge in [-0.15, -0.1) is 0 Å². The summed E-state index contributed by atoms with van der Waals surface area (Å²) < 4.78 is 7.33. The van der Waals surface area contributed by atoms with Gasteiger partial charge >= 0.3 is 6.03 Å². The number of hydrogen-bond acceptors (Lipinski definition) is 4. The summed E-state index contributed by atoms with van der Waals surface area (Å²) in [6, 6.07) is 1.00. The van der Waals surface area contributed by atoms with E-state index in [1.807, 2.05) is 33.9 Å². The standard InChI is InChI=1S/C17H27N5O3/c1-11-10-14(21(4)20-11)22-8-5-6-12(15(22)23)18-16(24)19-13-7-9-25-17(13,2)3/h10,12-13H,5-9H2,1-4H3,(H2,18,19,24). The first kappa shape index (κ1) is 17.7. The second kappa shape index (κ2) is 6.67. The van der Waals surface area contributed by atoms with Crippen LogP contribution in [0.25, 0.3) is 0 Å². The number of anilines is 1. The van der Waals surface area contributed by atoms with Crippen molar-refractivity contribution >= 4 is 17.8 Å². The van der Waals surface area contributed by atoms with E-state index in [9.17, 15) is 9.59 Å². The molecule has 8 nitrogen and oxygen atoms in total. The molecule has 0 saturated carbocycles. The quantitative estimate of drug-likeness (QED) is 0.855. The Kier molecular flexibility index (Phi) is 4.73. The molecule has 2 N–H and O–H groups in total. The third-order valence-electron chi connectivity index (χ3n) is 5.02. The van der Waals surface area contributed by atoms with E-state index in [4.69, 9.17) is 4.74 Å². The summed E-state index contributed by atoms with van der Waals surface area (Å²) >= 11 is 0. The van der Waals surface area contributed by atoms with Crippen molar-refractivity contribution in [3.05, 3.63) is 11.8 Å². The van der Waals surface area contributed by atoms with E-state index in [0.29, 0.717) is 19.6 Å². The minimum Gasteiger partial charge on any atom is -0.373 e. The predicted octanol–water partition coefficient (Wildman–Crippen LogP) is 1.09. The molecule has 2 atom stereocenters. The van der Waals surface area contributed by atoms with E-state index < -0.39 is 6.04 Å². The zero-order chi connectivity index (χ0) is 18.2. The van der Waals surface area contributed by atoms with Crippen LogP contribution in [0, 0.1) is 6.92 Å². The summed E-state index contributed by atoms with van der Waals surface area (Å²) in [5.41, 5.74) is 0.480. The number of urea groups is 1. The molecule has 0 spiro atoms. The second-order valence-corrected chi connectivity index (χ2v) is 7.36. The maximum atomic E-state index is 12.8. The Labute approximate surface area is 147 Å². The van der Waals surface area contributed by atoms with Crippen LogP contribution in [0.4, 0.5) is 10.6 Å². The minimum absolute atomic E-state index is 0.0537. The van der Waals surface area contributed by atoms with Crippen LogP contribution in [0.3, 0.4) is 0 Å². The Morgan fingerprint density at radius 2 is 2.12 bits per heavy atom. The topological polar surface area (TPSA) is 88.5 Å². The number of rotatable bonds is 3. The Hall–Kier alpha value is -2.09. The van der Waals surface area contributed by atoms with Gasteiger partial charge in [-0.2, -0.15) is 5.10 Å². The van der Waals surface area contributed by atoms with Crippen LogP contribution in [0.15, 0.2) is 6.07 Å². The van der Waals surface area contributed by atoms with E-state index in [1.54, 1.807) is 9.58 Å². The smallest absolute Gasteiger partial charge is 0.315 e. The number of nitrogens with one attached hydrogen (secondary N) is 2. The van der Waals surface area contributed by atoms with Crippen LogP contribution in [0.2, 0.25) is 0 Å². The lowest BCUT2D eigenvalue weighted by Crippen LogP contribution is -2.57. The third-order valence-corrected chi connectivity index (χ3v) is 5.02. The highest BCUT2D eigenvalue weighted by Crippen LogP contribution is 2.25. The van der Waals surface area contributed by atoms with E-state index in [2.05, 4.69) is 15.7 Å². The minimum atomic E-state index is -0.519. The van der Waals surface area contributed by atoms with E-state index >= 15 is 0 Å². The van der Waals surface area contributed by atoms with Crippen LogP contribution in [-0.4, -0.2) is 52.6 Å². The van der Waals surface area contributed by atoms with E-state index in [-0.39, 0.29) is 23.6 Å². The SMILES string of the molecule is Cc1cc(N2CCCC(NC(=O)NC3CCOC3(C)C)C2=O)n(C)n1. The number of amides is 3. The molecule has 3 rings (SSSR count). The monoisotopic (exact) mass is 349 g/mol. The van der Waals surface area contributed by atoms with Crippen molar-refractivity contribution in [2.24, 2.45) is 7.05 Å². The molecule has 0 bridgehead atoms. The van der Waals surface area contributed by atoms with Crippen LogP contribution < -0.4 is 15.5 Å². The maximum absolute atomic E-state index is 12.8. The van der Waals surface area contributed by atoms with Gasteiger partial charge in [-0.05, 0) is 40.0 Å². The van der Waals surface area contributed by atoms with Gasteiger partial charge in [0.1, 0.15) is 11.9 Å². The maximum Gasteiger partial charge on any atom is 0.315 e. The number of carbonyl (C=O) groups excluding carboxylic acids is 2. The molecule has 0 aliphatic carbocycles. The highest BCUT2D eigenvalue weighted by molar-refractivity contribution is 5.99. The van der Waals surface area contributed by atoms with Crippen LogP contribution in [0.5, 0.6) is 0 Å². The van der Waals surface area contributed by atoms with Gasteiger partial charge in [0.2, 0.25) is 0 Å². The molecule has 3 amide bonds. The number of ether oxygens (including phenoxy) is 1. The molecular weight excluding hydrogens is 322 g/mol. The summed E-state index contributed by atoms with van der Waals surface area (Å²) in [4.78, 5) is 26.9. The van der Waals surface area contributed by atoms with Crippen molar-refractivity contribution in [3.63, 3.8) is 0 Å². The van der Waals surface area contributed by atoms with Gasteiger partial charge in [-0.3, -0.25) is 14.4 Å². The number of nitrogens with zero attached hydrogens (tertiary/aromatic N) is 3. The summed E-state index contributed by atoms with van der Waals surface area (Å²) in [6.07, 6.45) is 2.25. The highest BCUT2D eigenvalue weighted by atomic mass is 16.5. The van der Waals surface area contributed by atoms with Gasteiger partial charge in [0.25, 0.3) is 5.91 Å². The van der Waals surface area contributed by atoms with Gasteiger partial charge in [-0.1, -0.05) is 0 Å². The van der Waals surface area contributed by atoms with Crippen LogP contribution >= 0.6 is 0 Å². The van der Waals surface area contributed by atoms with Crippen LogP contribution in [0.1, 0.15) is 38.8 Å². The normalized spacial score (nSPS) is 25.9. The molecular formula is C17H27N5O3. The molecule has 138 valence electrons. The molecule has 1 aromatic rings. The first-order valence-corrected chi connectivity index (χ1v) is 8.81. The molecule has 1 aromatic heterocycles. The summed E-state index contributed by atoms with van der Waals surface area (Å²) in [5.74, 6) is 0.672. The number of carbonyl (C=O) groups is 2. The van der Waals surface area contributed by atoms with Gasteiger partial charge in [-0.25, -0.2) is 4.79 Å². The first-order valence-electron chi connectivity index (χ1n) is 8.81. The van der Waals surface area contributed by atoms with Crippen molar-refractivity contribution in [2.75, 3.05) is 18.1 Å². The van der Waals surface area contributed by atoms with E-state index in [0.717, 1.165) is 24.4 Å². The molecule has 2 saturated heterocycles. The summed E-state index contributed by atoms with van der Waals surface area (Å²) in [5, 5.41) is 10.1. The van der Waals surface area contributed by atoms with Crippen molar-refractivity contribution in [1.29, 1.82) is 0 Å². The zero-order valence-electron chi connectivity index (χ0n) is 15.3. The van der Waals surface area contributed by atoms with Crippen molar-refractivity contribution in [1.82, 2.24) is 20.4 Å². The molecule has 25 heavy (non-hydrogen) atoms. The number of aromatic nitrogens is 2. The molecule has 8 heteroatoms. The van der Waals surface area contributed by atoms with Crippen LogP contribution in [-0.2, 0) is 16.6 Å². The van der Waals surface area contributed by atoms with Crippen molar-refractivity contribution in [2.45, 2.75) is 57.7 Å². The Morgan fingerprint density at radius 3 is 2.72 bits per heavy atom. The Balaban J connectivity index is 1.63. The fourth-order valence-corrected chi connectivity index (χ4v) is 3.58. The highest BCUT2D eigenvalue weighted by Gasteiger charge is 2.38. The lowest BCUT2D eigenvalue weighted by molar-refractivity contribution is -0.121. The Morgan fingerprint density at radius 1 is 1.36 bits per heavy atom. The van der Waals surface area contributed by atoms with Gasteiger partial charge in [0, 0.05) is 26.3 Å². The average molecular weight is 349 g/mol. The third kappa shape index (κ3) is 3.63. The average Bonchev–Trinajstić information content (AvgIpc) is 3.03. The molecule has 2 aliphatic heterocycles. The molecule has 0 aromatic carbocycles. The predicted molar refractivity (Wildman–Crippen MR) is 93.4 cm³/mol. The fourth-order valence-electron chi connectivity index (χ4n) is 3.58. The lowest BCUT2D eigenvalue weighted by Gasteiger charge is -2.33. The number of hydrogen-bond donors (Lipinski definition) is 2. The summed E-state index contributed by atoms with van der Waals surface area (Å²) in [6.45, 7) is 7.09. The van der Waals surface area contributed by atoms with Crippen molar-refractivity contribution < 1.29 is 14.3 Å². The number of aryl methyl sites for hydroxylation is 2. The largest absolute Gasteiger partial charge is 0.373 e. The van der Waals surface area contributed by atoms with Gasteiger partial charge < -0.3 is 15.4 Å². The Bertz CT molecular complexity index is 669. The van der Waals surface area contributed by atoms with Crippen molar-refractivity contribution in [3.8, 4) is 0 Å². The fraction of sp³-hybridized carbons (Fsp3) is 0.706. The second-order valence-electron chi connectivity index (χ2n) is 7.36. The molecule has 2 unspecified atom stereocenters. The lowest BCUT2D eigenvalue weighted by atomic mass is 9.99. The number of piperidine rings is 1. The first-order chi connectivity index (χ1) is 11.8. The molecule has 0 radical (unpaired) electrons. The van der Waals surface area contributed by atoms with Gasteiger partial charge in [0.05, 0.1) is 17.3 Å². The zero-order valence-corrected chi connectivity index (χ0v) is 15.3. The molecule has 3 heterocycles. The summed E-state index contributed by atoms with van der Waals surface area (Å²) in [7, 11) is 1.82. The van der Waals surface area contributed by atoms with E-state index in [1.165, 1.54) is 0 Å².